The van der Waals surface area contributed by atoms with E-state index in [9.17, 15) is 4.79 Å². The summed E-state index contributed by atoms with van der Waals surface area (Å²) in [7, 11) is 0. The van der Waals surface area contributed by atoms with Crippen LogP contribution in [-0.2, 0) is 14.3 Å². The highest BCUT2D eigenvalue weighted by Gasteiger charge is 2.38. The summed E-state index contributed by atoms with van der Waals surface area (Å²) in [5.74, 6) is -0.350. The van der Waals surface area contributed by atoms with E-state index in [1.807, 2.05) is 0 Å². The van der Waals surface area contributed by atoms with Gasteiger partial charge < -0.3 is 9.47 Å². The molecule has 3 heteroatoms. The van der Waals surface area contributed by atoms with Crippen LogP contribution in [0.4, 0.5) is 0 Å². The fraction of sp³-hybridized carbons (Fsp3) is 0.667. The van der Waals surface area contributed by atoms with E-state index in [4.69, 9.17) is 9.47 Å². The molecule has 0 aliphatic carbocycles. The number of carbonyl (C=O) groups excluding carboxylic acids is 1. The summed E-state index contributed by atoms with van der Waals surface area (Å²) in [5, 5.41) is 0. The van der Waals surface area contributed by atoms with Crippen molar-refractivity contribution in [3.05, 3.63) is 12.7 Å². The van der Waals surface area contributed by atoms with Crippen LogP contribution in [0.25, 0.3) is 0 Å². The monoisotopic (exact) mass is 170 g/mol. The molecule has 1 fully saturated rings. The molecule has 1 aliphatic heterocycles. The Bertz CT molecular complexity index is 182. The molecule has 0 saturated carbocycles. The van der Waals surface area contributed by atoms with Gasteiger partial charge in [-0.1, -0.05) is 6.58 Å². The number of hydrogen-bond acceptors (Lipinski definition) is 3. The Balaban J connectivity index is 1.96. The second-order valence-corrected chi connectivity index (χ2v) is 3.21. The normalized spacial score (nSPS) is 26.4. The van der Waals surface area contributed by atoms with Gasteiger partial charge in [0, 0.05) is 6.08 Å². The Labute approximate surface area is 72.4 Å². The molecule has 0 amide bonds. The van der Waals surface area contributed by atoms with Gasteiger partial charge in [-0.3, -0.25) is 0 Å². The molecular weight excluding hydrogens is 156 g/mol. The molecule has 0 N–H and O–H groups in total. The van der Waals surface area contributed by atoms with Crippen LogP contribution in [0.3, 0.4) is 0 Å². The molecule has 0 aromatic heterocycles. The molecule has 0 bridgehead atoms. The molecule has 1 rings (SSSR count). The average Bonchev–Trinajstić information content (AvgIpc) is 2.78. The zero-order valence-corrected chi connectivity index (χ0v) is 7.34. The van der Waals surface area contributed by atoms with Gasteiger partial charge in [-0.15, -0.1) is 0 Å². The van der Waals surface area contributed by atoms with E-state index in [1.165, 1.54) is 6.08 Å². The van der Waals surface area contributed by atoms with Crippen LogP contribution in [0.5, 0.6) is 0 Å². The van der Waals surface area contributed by atoms with Gasteiger partial charge >= 0.3 is 5.97 Å². The second kappa shape index (κ2) is 3.72. The van der Waals surface area contributed by atoms with E-state index in [0.717, 1.165) is 19.4 Å². The lowest BCUT2D eigenvalue weighted by Crippen LogP contribution is -2.08. The lowest BCUT2D eigenvalue weighted by Gasteiger charge is -2.04. The molecule has 68 valence electrons. The minimum absolute atomic E-state index is 0.0700. The van der Waals surface area contributed by atoms with E-state index in [1.54, 1.807) is 0 Å². The number of hydrogen-bond donors (Lipinski definition) is 0. The standard InChI is InChI=1S/C9H14O3/c1-3-8(10)11-6-4-5-9(2)7-12-9/h3H,1,4-7H2,2H3. The first-order chi connectivity index (χ1) is 5.66. The topological polar surface area (TPSA) is 38.8 Å². The summed E-state index contributed by atoms with van der Waals surface area (Å²) < 4.78 is 9.97. The summed E-state index contributed by atoms with van der Waals surface area (Å²) in [5.41, 5.74) is 0.0700. The molecule has 1 saturated heterocycles. The molecule has 1 heterocycles. The van der Waals surface area contributed by atoms with Crippen molar-refractivity contribution in [2.45, 2.75) is 25.4 Å². The van der Waals surface area contributed by atoms with Crippen LogP contribution in [0.15, 0.2) is 12.7 Å². The van der Waals surface area contributed by atoms with Crippen LogP contribution >= 0.6 is 0 Å². The fourth-order valence-electron chi connectivity index (χ4n) is 0.945. The minimum atomic E-state index is -0.350. The Morgan fingerprint density at radius 3 is 3.00 bits per heavy atom. The summed E-state index contributed by atoms with van der Waals surface area (Å²) in [6.45, 7) is 6.66. The highest BCUT2D eigenvalue weighted by Crippen LogP contribution is 2.30. The zero-order chi connectivity index (χ0) is 9.03. The number of esters is 1. The predicted molar refractivity (Wildman–Crippen MR) is 44.7 cm³/mol. The zero-order valence-electron chi connectivity index (χ0n) is 7.34. The van der Waals surface area contributed by atoms with Gasteiger partial charge in [-0.25, -0.2) is 4.79 Å². The molecule has 0 spiro atoms. The lowest BCUT2D eigenvalue weighted by molar-refractivity contribution is -0.137. The van der Waals surface area contributed by atoms with Crippen molar-refractivity contribution in [3.63, 3.8) is 0 Å². The number of epoxide rings is 1. The maximum atomic E-state index is 10.6. The molecule has 3 nitrogen and oxygen atoms in total. The van der Waals surface area contributed by atoms with Gasteiger partial charge in [0.2, 0.25) is 0 Å². The van der Waals surface area contributed by atoms with Gasteiger partial charge in [0.1, 0.15) is 0 Å². The summed E-state index contributed by atoms with van der Waals surface area (Å²) in [6, 6.07) is 0. The molecule has 1 aliphatic rings. The largest absolute Gasteiger partial charge is 0.463 e. The molecule has 0 radical (unpaired) electrons. The van der Waals surface area contributed by atoms with Gasteiger partial charge in [-0.2, -0.15) is 0 Å². The third-order valence-electron chi connectivity index (χ3n) is 1.90. The maximum Gasteiger partial charge on any atom is 0.330 e. The first kappa shape index (κ1) is 9.26. The first-order valence-electron chi connectivity index (χ1n) is 4.09. The summed E-state index contributed by atoms with van der Waals surface area (Å²) in [6.07, 6.45) is 2.99. The Morgan fingerprint density at radius 1 is 1.83 bits per heavy atom. The maximum absolute atomic E-state index is 10.6. The van der Waals surface area contributed by atoms with Crippen molar-refractivity contribution in [1.82, 2.24) is 0 Å². The third-order valence-corrected chi connectivity index (χ3v) is 1.90. The molecule has 1 atom stereocenters. The summed E-state index contributed by atoms with van der Waals surface area (Å²) >= 11 is 0. The van der Waals surface area contributed by atoms with E-state index in [0.29, 0.717) is 6.61 Å². The second-order valence-electron chi connectivity index (χ2n) is 3.21. The average molecular weight is 170 g/mol. The third kappa shape index (κ3) is 3.05. The van der Waals surface area contributed by atoms with Crippen molar-refractivity contribution in [3.8, 4) is 0 Å². The first-order valence-corrected chi connectivity index (χ1v) is 4.09. The van der Waals surface area contributed by atoms with E-state index in [2.05, 4.69) is 13.5 Å². The molecule has 0 aromatic rings. The van der Waals surface area contributed by atoms with Crippen molar-refractivity contribution in [2.24, 2.45) is 0 Å². The molecule has 12 heavy (non-hydrogen) atoms. The van der Waals surface area contributed by atoms with Gasteiger partial charge in [0.15, 0.2) is 0 Å². The predicted octanol–water partition coefficient (Wildman–Crippen LogP) is 1.28. The highest BCUT2D eigenvalue weighted by molar-refractivity contribution is 5.81. The Kier molecular flexibility index (Phi) is 2.87. The van der Waals surface area contributed by atoms with Gasteiger partial charge in [0.25, 0.3) is 0 Å². The van der Waals surface area contributed by atoms with Crippen molar-refractivity contribution < 1.29 is 14.3 Å². The Hall–Kier alpha value is -0.830. The van der Waals surface area contributed by atoms with Crippen LogP contribution in [0.1, 0.15) is 19.8 Å². The van der Waals surface area contributed by atoms with Crippen molar-refractivity contribution in [2.75, 3.05) is 13.2 Å². The van der Waals surface area contributed by atoms with Crippen LogP contribution < -0.4 is 0 Å². The van der Waals surface area contributed by atoms with Crippen LogP contribution in [-0.4, -0.2) is 24.8 Å². The van der Waals surface area contributed by atoms with Crippen LogP contribution in [0.2, 0.25) is 0 Å². The number of ether oxygens (including phenoxy) is 2. The molecular formula is C9H14O3. The van der Waals surface area contributed by atoms with Crippen molar-refractivity contribution in [1.29, 1.82) is 0 Å². The quantitative estimate of drug-likeness (QED) is 0.270. The van der Waals surface area contributed by atoms with E-state index in [-0.39, 0.29) is 11.6 Å². The van der Waals surface area contributed by atoms with Crippen LogP contribution in [0, 0.1) is 0 Å². The highest BCUT2D eigenvalue weighted by atomic mass is 16.6. The van der Waals surface area contributed by atoms with E-state index < -0.39 is 0 Å². The van der Waals surface area contributed by atoms with Gasteiger partial charge in [0.05, 0.1) is 18.8 Å². The van der Waals surface area contributed by atoms with Crippen molar-refractivity contribution >= 4 is 5.97 Å². The number of carbonyl (C=O) groups is 1. The van der Waals surface area contributed by atoms with Gasteiger partial charge in [-0.05, 0) is 19.8 Å². The number of rotatable bonds is 5. The Morgan fingerprint density at radius 2 is 2.50 bits per heavy atom. The smallest absolute Gasteiger partial charge is 0.330 e. The lowest BCUT2D eigenvalue weighted by atomic mass is 10.1. The molecule has 0 aromatic carbocycles. The fourth-order valence-corrected chi connectivity index (χ4v) is 0.945. The summed E-state index contributed by atoms with van der Waals surface area (Å²) in [4.78, 5) is 10.6. The SMILES string of the molecule is C=CC(=O)OCCCC1(C)CO1. The molecule has 1 unspecified atom stereocenters. The van der Waals surface area contributed by atoms with E-state index >= 15 is 0 Å². The minimum Gasteiger partial charge on any atom is -0.463 e.